The summed E-state index contributed by atoms with van der Waals surface area (Å²) in [6, 6.07) is 24.0. The van der Waals surface area contributed by atoms with Crippen molar-refractivity contribution >= 4 is 28.3 Å². The maximum absolute atomic E-state index is 16.3. The fraction of sp³-hybridized carbons (Fsp3) is 0.475. The van der Waals surface area contributed by atoms with E-state index in [1.54, 1.807) is 6.07 Å². The lowest BCUT2D eigenvalue weighted by atomic mass is 9.70. The molecular weight excluding hydrogens is 880 g/mol. The van der Waals surface area contributed by atoms with Gasteiger partial charge in [0, 0.05) is 85.1 Å². The number of anilines is 1. The van der Waals surface area contributed by atoms with Crippen LogP contribution < -0.4 is 15.5 Å². The van der Waals surface area contributed by atoms with Crippen LogP contribution >= 0.6 is 11.6 Å². The summed E-state index contributed by atoms with van der Waals surface area (Å²) >= 11 is 6.90. The quantitative estimate of drug-likeness (QED) is 0.130. The second kappa shape index (κ2) is 19.7. The highest BCUT2D eigenvalue weighted by molar-refractivity contribution is 6.34. The first kappa shape index (κ1) is 47.7. The van der Waals surface area contributed by atoms with Gasteiger partial charge in [0.15, 0.2) is 5.82 Å². The Bertz CT molecular complexity index is 2750. The van der Waals surface area contributed by atoms with Crippen LogP contribution in [0.4, 0.5) is 14.6 Å². The maximum Gasteiger partial charge on any atom is 0.164 e. The smallest absolute Gasteiger partial charge is 0.164 e. The van der Waals surface area contributed by atoms with Crippen LogP contribution in [0.3, 0.4) is 0 Å². The molecule has 7 nitrogen and oxygen atoms in total. The Morgan fingerprint density at radius 3 is 2.42 bits per heavy atom. The molecule has 0 radical (unpaired) electrons. The Hall–Kier alpha value is -4.96. The molecule has 0 spiro atoms. The van der Waals surface area contributed by atoms with Gasteiger partial charge in [0.1, 0.15) is 17.5 Å². The van der Waals surface area contributed by atoms with E-state index in [9.17, 15) is 0 Å². The Balaban J connectivity index is 0.770. The Morgan fingerprint density at radius 1 is 0.913 bits per heavy atom. The van der Waals surface area contributed by atoms with Gasteiger partial charge in [-0.25, -0.2) is 8.78 Å². The average molecular weight is 953 g/mol. The van der Waals surface area contributed by atoms with Crippen molar-refractivity contribution in [3.8, 4) is 11.1 Å². The molecule has 69 heavy (non-hydrogen) atoms. The summed E-state index contributed by atoms with van der Waals surface area (Å²) in [5.74, 6) is 2.03. The number of nitrogens with zero attached hydrogens (tertiary/aromatic N) is 5. The summed E-state index contributed by atoms with van der Waals surface area (Å²) in [5, 5.41) is 13.5. The van der Waals surface area contributed by atoms with Gasteiger partial charge in [-0.1, -0.05) is 93.7 Å². The van der Waals surface area contributed by atoms with Crippen LogP contribution in [-0.2, 0) is 25.3 Å². The van der Waals surface area contributed by atoms with Crippen LogP contribution in [0.15, 0.2) is 104 Å². The topological polar surface area (TPSA) is 51.6 Å². The number of rotatable bonds is 12. The highest BCUT2D eigenvalue weighted by Crippen LogP contribution is 2.55. The summed E-state index contributed by atoms with van der Waals surface area (Å²) in [6.07, 6.45) is 12.6. The number of likely N-dealkylation sites (tertiary alicyclic amines) is 2. The lowest BCUT2D eigenvalue weighted by molar-refractivity contribution is 0.103. The van der Waals surface area contributed by atoms with Crippen molar-refractivity contribution in [1.29, 1.82) is 0 Å². The number of allylic oxidation sites excluding steroid dienone is 1. The molecule has 1 aromatic heterocycles. The van der Waals surface area contributed by atoms with Crippen LogP contribution in [0, 0.1) is 24.5 Å². The normalized spacial score (nSPS) is 24.8. The van der Waals surface area contributed by atoms with E-state index in [0.717, 1.165) is 105 Å². The van der Waals surface area contributed by atoms with Crippen LogP contribution in [0.5, 0.6) is 0 Å². The van der Waals surface area contributed by atoms with E-state index in [2.05, 4.69) is 101 Å². The molecule has 5 aromatic rings. The van der Waals surface area contributed by atoms with Crippen molar-refractivity contribution in [3.05, 3.63) is 154 Å². The third kappa shape index (κ3) is 8.95. The second-order valence-electron chi connectivity index (χ2n) is 21.3. The minimum atomic E-state index is -0.482. The zero-order chi connectivity index (χ0) is 48.1. The summed E-state index contributed by atoms with van der Waals surface area (Å²) in [4.78, 5) is 7.62. The van der Waals surface area contributed by atoms with Crippen molar-refractivity contribution < 1.29 is 8.78 Å². The number of halogens is 3. The van der Waals surface area contributed by atoms with Crippen LogP contribution in [0.2, 0.25) is 5.02 Å². The highest BCUT2D eigenvalue weighted by Gasteiger charge is 2.48. The predicted molar refractivity (Wildman–Crippen MR) is 281 cm³/mol. The monoisotopic (exact) mass is 952 g/mol. The summed E-state index contributed by atoms with van der Waals surface area (Å²) in [7, 11) is 2.05. The van der Waals surface area contributed by atoms with Crippen LogP contribution in [0.25, 0.3) is 22.0 Å². The predicted octanol–water partition coefficient (Wildman–Crippen LogP) is 12.8. The molecule has 3 atom stereocenters. The maximum atomic E-state index is 16.3. The zero-order valence-corrected chi connectivity index (χ0v) is 42.2. The van der Waals surface area contributed by atoms with E-state index >= 15 is 8.78 Å². The molecule has 4 heterocycles. The van der Waals surface area contributed by atoms with Crippen molar-refractivity contribution in [2.24, 2.45) is 13.0 Å². The molecule has 10 rings (SSSR count). The Morgan fingerprint density at radius 2 is 1.68 bits per heavy atom. The fourth-order valence-corrected chi connectivity index (χ4v) is 13.5. The van der Waals surface area contributed by atoms with E-state index in [1.165, 1.54) is 59.8 Å². The van der Waals surface area contributed by atoms with Gasteiger partial charge in [-0.2, -0.15) is 5.10 Å². The first-order chi connectivity index (χ1) is 33.3. The average Bonchev–Trinajstić information content (AvgIpc) is 3.84. The zero-order valence-electron chi connectivity index (χ0n) is 41.5. The minimum Gasteiger partial charge on any atom is -0.371 e. The summed E-state index contributed by atoms with van der Waals surface area (Å²) < 4.78 is 34.2. The lowest BCUT2D eigenvalue weighted by Crippen LogP contribution is -2.49. The Kier molecular flexibility index (Phi) is 13.6. The number of aromatic nitrogens is 2. The van der Waals surface area contributed by atoms with Gasteiger partial charge in [-0.3, -0.25) is 4.68 Å². The number of fused-ring (bicyclic) bond motifs is 2. The molecule has 2 aliphatic carbocycles. The Labute approximate surface area is 414 Å². The van der Waals surface area contributed by atoms with E-state index < -0.39 is 5.82 Å². The summed E-state index contributed by atoms with van der Waals surface area (Å²) in [6.45, 7) is 25.3. The highest BCUT2D eigenvalue weighted by atomic mass is 35.5. The van der Waals surface area contributed by atoms with Gasteiger partial charge < -0.3 is 25.3 Å². The second-order valence-corrected chi connectivity index (χ2v) is 21.6. The standard InChI is InChI=1S/C59H72ClF2N7/c1-8-42-18-17-37(2)53(57(42)62)55-54-39(4)59(47-14-10-9-11-15-47,34-46(54)32-51(61)56(55)60)36-63-48-22-19-43(20-23-48)40(5)68-28-13-12-16-49(68)35-67-29-26-44(27-30-67)45-21-24-50-52(33-45)66(7)65-58(50)69-31-25-38(3)64-41(69)6/h9-11,14-15,17-18,21,24,32-33,39,43-44,48-49,63-64H,3,5-6,8,12-13,16,19-20,22-23,25-31,34-36H2,1-2,4,7H3. The first-order valence-corrected chi connectivity index (χ1v) is 26.4. The number of benzene rings is 4. The largest absolute Gasteiger partial charge is 0.371 e. The van der Waals surface area contributed by atoms with E-state index in [-0.39, 0.29) is 22.2 Å². The molecule has 3 aliphatic heterocycles. The van der Waals surface area contributed by atoms with Crippen molar-refractivity contribution in [3.63, 3.8) is 0 Å². The molecule has 5 aliphatic rings. The molecule has 2 N–H and O–H groups in total. The number of hydrogen-bond donors (Lipinski definition) is 2. The van der Waals surface area contributed by atoms with Gasteiger partial charge in [0.2, 0.25) is 0 Å². The molecule has 0 amide bonds. The van der Waals surface area contributed by atoms with Crippen LogP contribution in [0.1, 0.15) is 123 Å². The van der Waals surface area contributed by atoms with Gasteiger partial charge in [0.05, 0.1) is 10.5 Å². The van der Waals surface area contributed by atoms with Gasteiger partial charge in [0.25, 0.3) is 0 Å². The van der Waals surface area contributed by atoms with E-state index in [1.807, 2.05) is 30.7 Å². The fourth-order valence-electron chi connectivity index (χ4n) is 13.2. The van der Waals surface area contributed by atoms with E-state index in [0.29, 0.717) is 53.5 Å². The molecule has 1 saturated carbocycles. The third-order valence-corrected chi connectivity index (χ3v) is 17.7. The van der Waals surface area contributed by atoms with Crippen molar-refractivity contribution in [2.45, 2.75) is 127 Å². The van der Waals surface area contributed by atoms with Crippen molar-refractivity contribution in [1.82, 2.24) is 30.2 Å². The molecular formula is C59H72ClF2N7. The molecule has 4 aromatic carbocycles. The number of hydrogen-bond acceptors (Lipinski definition) is 6. The third-order valence-electron chi connectivity index (χ3n) is 17.3. The molecule has 10 heteroatoms. The lowest BCUT2D eigenvalue weighted by Gasteiger charge is -2.45. The number of nitrogens with one attached hydrogen (secondary N) is 2. The summed E-state index contributed by atoms with van der Waals surface area (Å²) in [5.41, 5.74) is 10.1. The molecule has 3 saturated heterocycles. The minimum absolute atomic E-state index is 0.0161. The molecule has 364 valence electrons. The van der Waals surface area contributed by atoms with Crippen molar-refractivity contribution in [2.75, 3.05) is 44.2 Å². The number of aryl methyl sites for hydroxylation is 3. The van der Waals surface area contributed by atoms with Gasteiger partial charge >= 0.3 is 0 Å². The molecule has 3 unspecified atom stereocenters. The SMILES string of the molecule is C=C1CCN(c2nn(C)c3cc(C4CCN(CC5CCCCN5C(=C)C5CCC(NCC6(c7ccccc7)Cc7cc(F)c(Cl)c(-c8c(C)ccc(CC)c8F)c7C6C)CC5)CC4)ccc23)C(=C)N1. The van der Waals surface area contributed by atoms with Gasteiger partial charge in [-0.15, -0.1) is 0 Å². The molecule has 4 fully saturated rings. The molecule has 0 bridgehead atoms. The first-order valence-electron chi connectivity index (χ1n) is 26.0. The van der Waals surface area contributed by atoms with Crippen LogP contribution in [-0.4, -0.2) is 70.9 Å². The number of piperidine rings is 2. The van der Waals surface area contributed by atoms with Gasteiger partial charge in [-0.05, 0) is 160 Å². The van der Waals surface area contributed by atoms with E-state index in [4.69, 9.17) is 23.3 Å².